The molecule has 82 valence electrons. The second-order valence-electron chi connectivity index (χ2n) is 2.79. The molecule has 0 radical (unpaired) electrons. The van der Waals surface area contributed by atoms with E-state index in [1.54, 1.807) is 0 Å². The molecule has 1 aromatic carbocycles. The van der Waals surface area contributed by atoms with Crippen LogP contribution in [-0.2, 0) is 4.74 Å². The molecule has 0 saturated carbocycles. The summed E-state index contributed by atoms with van der Waals surface area (Å²) < 4.78 is 30.8. The lowest BCUT2D eigenvalue weighted by molar-refractivity contribution is 0.186. The fraction of sp³-hybridized carbons (Fsp3) is 0.222. The van der Waals surface area contributed by atoms with E-state index in [-0.39, 0.29) is 10.6 Å². The lowest BCUT2D eigenvalue weighted by atomic mass is 10.2. The third kappa shape index (κ3) is 2.36. The Kier molecular flexibility index (Phi) is 3.47. The van der Waals surface area contributed by atoms with Crippen LogP contribution < -0.4 is 5.32 Å². The van der Waals surface area contributed by atoms with Crippen molar-refractivity contribution in [1.29, 1.82) is 0 Å². The molecule has 0 fully saturated rings. The summed E-state index contributed by atoms with van der Waals surface area (Å²) in [6.45, 7) is 1.45. The van der Waals surface area contributed by atoms with Crippen LogP contribution in [0.15, 0.2) is 6.07 Å². The van der Waals surface area contributed by atoms with Crippen molar-refractivity contribution >= 4 is 23.4 Å². The Morgan fingerprint density at radius 1 is 1.53 bits per heavy atom. The lowest BCUT2D eigenvalue weighted by Gasteiger charge is -2.09. The molecule has 0 heterocycles. The van der Waals surface area contributed by atoms with Gasteiger partial charge in [0.2, 0.25) is 0 Å². The molecule has 1 aromatic rings. The number of halogens is 3. The monoisotopic (exact) mass is 235 g/mol. The zero-order valence-electron chi connectivity index (χ0n) is 8.03. The molecule has 0 aliphatic rings. The summed E-state index contributed by atoms with van der Waals surface area (Å²) in [7, 11) is 1.08. The number of carbonyl (C=O) groups is 1. The van der Waals surface area contributed by atoms with Crippen LogP contribution >= 0.6 is 11.6 Å². The summed E-state index contributed by atoms with van der Waals surface area (Å²) in [4.78, 5) is 10.8. The molecule has 0 aliphatic carbocycles. The predicted octanol–water partition coefficient (Wildman–Crippen LogP) is 3.10. The highest BCUT2D eigenvalue weighted by atomic mass is 35.5. The minimum atomic E-state index is -1.01. The van der Waals surface area contributed by atoms with E-state index in [2.05, 4.69) is 4.74 Å². The molecular formula is C9H8ClF2NO2. The van der Waals surface area contributed by atoms with Crippen molar-refractivity contribution in [1.82, 2.24) is 0 Å². The first-order valence-corrected chi connectivity index (χ1v) is 4.34. The first kappa shape index (κ1) is 11.7. The van der Waals surface area contributed by atoms with Crippen molar-refractivity contribution in [3.8, 4) is 0 Å². The maximum absolute atomic E-state index is 13.4. The van der Waals surface area contributed by atoms with Crippen molar-refractivity contribution in [3.05, 3.63) is 28.3 Å². The van der Waals surface area contributed by atoms with E-state index in [0.29, 0.717) is 0 Å². The average molecular weight is 236 g/mol. The minimum Gasteiger partial charge on any atom is -0.453 e. The summed E-state index contributed by atoms with van der Waals surface area (Å²) in [6, 6.07) is 1.02. The van der Waals surface area contributed by atoms with Gasteiger partial charge in [0.05, 0.1) is 12.1 Å². The maximum atomic E-state index is 13.4. The molecular weight excluding hydrogens is 228 g/mol. The lowest BCUT2D eigenvalue weighted by Crippen LogP contribution is -2.14. The van der Waals surface area contributed by atoms with Gasteiger partial charge in [0.15, 0.2) is 5.82 Å². The fourth-order valence-electron chi connectivity index (χ4n) is 0.981. The molecule has 3 nitrogen and oxygen atoms in total. The number of nitrogens with one attached hydrogen (secondary N) is 1. The molecule has 0 saturated heterocycles. The van der Waals surface area contributed by atoms with Gasteiger partial charge >= 0.3 is 6.09 Å². The zero-order chi connectivity index (χ0) is 11.6. The van der Waals surface area contributed by atoms with Gasteiger partial charge in [-0.3, -0.25) is 5.32 Å². The molecule has 0 atom stereocenters. The van der Waals surface area contributed by atoms with Gasteiger partial charge in [-0.05, 0) is 18.6 Å². The average Bonchev–Trinajstić information content (AvgIpc) is 2.21. The molecule has 0 spiro atoms. The van der Waals surface area contributed by atoms with Gasteiger partial charge in [-0.1, -0.05) is 11.6 Å². The number of benzene rings is 1. The molecule has 1 amide bonds. The van der Waals surface area contributed by atoms with Gasteiger partial charge in [0, 0.05) is 0 Å². The van der Waals surface area contributed by atoms with Crippen LogP contribution in [0.3, 0.4) is 0 Å². The number of hydrogen-bond acceptors (Lipinski definition) is 2. The number of amides is 1. The molecule has 1 N–H and O–H groups in total. The van der Waals surface area contributed by atoms with E-state index in [1.807, 2.05) is 5.32 Å². The Morgan fingerprint density at radius 3 is 2.67 bits per heavy atom. The quantitative estimate of drug-likeness (QED) is 0.760. The van der Waals surface area contributed by atoms with Crippen LogP contribution in [-0.4, -0.2) is 13.2 Å². The Hall–Kier alpha value is -1.36. The first-order chi connectivity index (χ1) is 6.97. The number of ether oxygens (including phenoxy) is 1. The van der Waals surface area contributed by atoms with E-state index in [1.165, 1.54) is 6.92 Å². The SMILES string of the molecule is COC(=O)Nc1c(F)cc(C)c(Cl)c1F. The smallest absolute Gasteiger partial charge is 0.411 e. The number of hydrogen-bond donors (Lipinski definition) is 1. The molecule has 0 aromatic heterocycles. The van der Waals surface area contributed by atoms with Crippen LogP contribution in [0.2, 0.25) is 5.02 Å². The van der Waals surface area contributed by atoms with Gasteiger partial charge < -0.3 is 4.74 Å². The van der Waals surface area contributed by atoms with Crippen molar-refractivity contribution in [2.75, 3.05) is 12.4 Å². The summed E-state index contributed by atoms with van der Waals surface area (Å²) in [6.07, 6.45) is -0.965. The zero-order valence-corrected chi connectivity index (χ0v) is 8.78. The van der Waals surface area contributed by atoms with E-state index in [4.69, 9.17) is 11.6 Å². The second-order valence-corrected chi connectivity index (χ2v) is 3.17. The summed E-state index contributed by atoms with van der Waals surface area (Å²) in [5.41, 5.74) is -0.362. The largest absolute Gasteiger partial charge is 0.453 e. The van der Waals surface area contributed by atoms with Crippen molar-refractivity contribution < 1.29 is 18.3 Å². The normalized spacial score (nSPS) is 9.93. The first-order valence-electron chi connectivity index (χ1n) is 3.96. The summed E-state index contributed by atoms with van der Waals surface area (Å²) >= 11 is 5.55. The number of aryl methyl sites for hydroxylation is 1. The number of rotatable bonds is 1. The summed E-state index contributed by atoms with van der Waals surface area (Å²) in [5, 5.41) is 1.67. The summed E-state index contributed by atoms with van der Waals surface area (Å²) in [5.74, 6) is -1.92. The van der Waals surface area contributed by atoms with Gasteiger partial charge in [-0.2, -0.15) is 0 Å². The standard InChI is InChI=1S/C9H8ClF2NO2/c1-4-3-5(11)8(7(12)6(4)10)13-9(14)15-2/h3H,1-2H3,(H,13,14). The molecule has 0 unspecified atom stereocenters. The van der Waals surface area contributed by atoms with Crippen LogP contribution in [0.4, 0.5) is 19.3 Å². The molecule has 0 bridgehead atoms. The minimum absolute atomic E-state index is 0.234. The molecule has 6 heteroatoms. The van der Waals surface area contributed by atoms with Crippen LogP contribution in [0.1, 0.15) is 5.56 Å². The van der Waals surface area contributed by atoms with Crippen molar-refractivity contribution in [2.24, 2.45) is 0 Å². The highest BCUT2D eigenvalue weighted by Crippen LogP contribution is 2.28. The van der Waals surface area contributed by atoms with E-state index < -0.39 is 23.4 Å². The molecule has 1 rings (SSSR count). The van der Waals surface area contributed by atoms with E-state index in [0.717, 1.165) is 13.2 Å². The van der Waals surface area contributed by atoms with Gasteiger partial charge in [-0.25, -0.2) is 13.6 Å². The Balaban J connectivity index is 3.18. The van der Waals surface area contributed by atoms with Crippen molar-refractivity contribution in [2.45, 2.75) is 6.92 Å². The van der Waals surface area contributed by atoms with Crippen LogP contribution in [0, 0.1) is 18.6 Å². The Morgan fingerprint density at radius 2 is 2.13 bits per heavy atom. The highest BCUT2D eigenvalue weighted by Gasteiger charge is 2.17. The second kappa shape index (κ2) is 4.44. The fourth-order valence-corrected chi connectivity index (χ4v) is 1.13. The highest BCUT2D eigenvalue weighted by molar-refractivity contribution is 6.31. The van der Waals surface area contributed by atoms with Crippen LogP contribution in [0.25, 0.3) is 0 Å². The number of methoxy groups -OCH3 is 1. The van der Waals surface area contributed by atoms with Gasteiger partial charge in [-0.15, -0.1) is 0 Å². The Labute approximate surface area is 90.0 Å². The topological polar surface area (TPSA) is 38.3 Å². The number of anilines is 1. The van der Waals surface area contributed by atoms with Crippen LogP contribution in [0.5, 0.6) is 0 Å². The third-order valence-corrected chi connectivity index (χ3v) is 2.22. The Bertz CT molecular complexity index is 410. The van der Waals surface area contributed by atoms with E-state index in [9.17, 15) is 13.6 Å². The van der Waals surface area contributed by atoms with Gasteiger partial charge in [0.1, 0.15) is 11.5 Å². The van der Waals surface area contributed by atoms with E-state index >= 15 is 0 Å². The predicted molar refractivity (Wildman–Crippen MR) is 52.1 cm³/mol. The van der Waals surface area contributed by atoms with Crippen molar-refractivity contribution in [3.63, 3.8) is 0 Å². The third-order valence-electron chi connectivity index (χ3n) is 1.75. The van der Waals surface area contributed by atoms with Gasteiger partial charge in [0.25, 0.3) is 0 Å². The molecule has 15 heavy (non-hydrogen) atoms. The number of carbonyl (C=O) groups excluding carboxylic acids is 1. The molecule has 0 aliphatic heterocycles. The maximum Gasteiger partial charge on any atom is 0.411 e.